The van der Waals surface area contributed by atoms with E-state index in [1.165, 1.54) is 0 Å². The number of benzene rings is 1. The molecule has 2 aromatic heterocycles. The summed E-state index contributed by atoms with van der Waals surface area (Å²) >= 11 is 0. The monoisotopic (exact) mass is 237 g/mol. The van der Waals surface area contributed by atoms with Gasteiger partial charge in [0.15, 0.2) is 0 Å². The van der Waals surface area contributed by atoms with Crippen LogP contribution in [0.15, 0.2) is 59.7 Å². The Labute approximate surface area is 103 Å². The lowest BCUT2D eigenvalue weighted by Crippen LogP contribution is -2.21. The summed E-state index contributed by atoms with van der Waals surface area (Å²) in [5.74, 6) is 0. The van der Waals surface area contributed by atoms with Crippen molar-refractivity contribution in [3.63, 3.8) is 0 Å². The van der Waals surface area contributed by atoms with Gasteiger partial charge in [-0.2, -0.15) is 0 Å². The molecule has 0 unspecified atom stereocenters. The molecule has 0 saturated heterocycles. The Morgan fingerprint density at radius 1 is 1.11 bits per heavy atom. The van der Waals surface area contributed by atoms with Crippen molar-refractivity contribution in [3.8, 4) is 5.69 Å². The molecule has 0 radical (unpaired) electrons. The van der Waals surface area contributed by atoms with Gasteiger partial charge < -0.3 is 5.73 Å². The summed E-state index contributed by atoms with van der Waals surface area (Å²) in [6.45, 7) is 0. The molecular formula is C14H11N3O. The normalized spacial score (nSPS) is 10.7. The number of nitrogens with two attached hydrogens (primary N) is 1. The van der Waals surface area contributed by atoms with Gasteiger partial charge in [-0.15, -0.1) is 0 Å². The Hall–Kier alpha value is -2.62. The van der Waals surface area contributed by atoms with Crippen LogP contribution in [-0.2, 0) is 0 Å². The zero-order chi connectivity index (χ0) is 12.5. The van der Waals surface area contributed by atoms with Crippen molar-refractivity contribution in [2.24, 2.45) is 0 Å². The molecule has 0 bridgehead atoms. The number of fused-ring (bicyclic) bond motifs is 1. The molecule has 2 heterocycles. The molecule has 2 N–H and O–H groups in total. The summed E-state index contributed by atoms with van der Waals surface area (Å²) in [4.78, 5) is 16.2. The Morgan fingerprint density at radius 3 is 2.67 bits per heavy atom. The number of pyridine rings is 2. The molecule has 0 aliphatic heterocycles. The van der Waals surface area contributed by atoms with Crippen molar-refractivity contribution in [2.75, 3.05) is 5.73 Å². The molecule has 0 saturated carbocycles. The summed E-state index contributed by atoms with van der Waals surface area (Å²) in [7, 11) is 0. The minimum atomic E-state index is -0.208. The van der Waals surface area contributed by atoms with Crippen molar-refractivity contribution < 1.29 is 0 Å². The molecule has 4 heteroatoms. The number of nitrogens with zero attached hydrogens (tertiary/aromatic N) is 2. The fraction of sp³-hybridized carbons (Fsp3) is 0. The van der Waals surface area contributed by atoms with Gasteiger partial charge >= 0.3 is 0 Å². The third kappa shape index (κ3) is 1.55. The fourth-order valence-electron chi connectivity index (χ4n) is 2.02. The molecule has 0 atom stereocenters. The van der Waals surface area contributed by atoms with Crippen LogP contribution in [0.4, 0.5) is 5.69 Å². The zero-order valence-corrected chi connectivity index (χ0v) is 9.58. The molecule has 0 aliphatic rings. The average Bonchev–Trinajstić information content (AvgIpc) is 2.41. The largest absolute Gasteiger partial charge is 0.394 e. The third-order valence-electron chi connectivity index (χ3n) is 2.84. The number of aromatic nitrogens is 2. The smallest absolute Gasteiger partial charge is 0.278 e. The molecular weight excluding hydrogens is 226 g/mol. The Balaban J connectivity index is 2.47. The van der Waals surface area contributed by atoms with Gasteiger partial charge in [-0.05, 0) is 24.3 Å². The van der Waals surface area contributed by atoms with Crippen LogP contribution in [0.25, 0.3) is 16.6 Å². The van der Waals surface area contributed by atoms with Crippen LogP contribution in [0, 0.1) is 0 Å². The van der Waals surface area contributed by atoms with Gasteiger partial charge in [-0.25, -0.2) is 0 Å². The van der Waals surface area contributed by atoms with Crippen molar-refractivity contribution in [1.29, 1.82) is 0 Å². The van der Waals surface area contributed by atoms with Crippen molar-refractivity contribution >= 4 is 16.6 Å². The lowest BCUT2D eigenvalue weighted by molar-refractivity contribution is 1.04. The van der Waals surface area contributed by atoms with E-state index in [2.05, 4.69) is 4.98 Å². The van der Waals surface area contributed by atoms with E-state index in [0.717, 1.165) is 16.6 Å². The van der Waals surface area contributed by atoms with Gasteiger partial charge in [0, 0.05) is 23.5 Å². The quantitative estimate of drug-likeness (QED) is 0.703. The van der Waals surface area contributed by atoms with Gasteiger partial charge in [-0.1, -0.05) is 18.2 Å². The van der Waals surface area contributed by atoms with Crippen LogP contribution in [0.3, 0.4) is 0 Å². The third-order valence-corrected chi connectivity index (χ3v) is 2.84. The van der Waals surface area contributed by atoms with E-state index in [1.807, 2.05) is 36.4 Å². The Morgan fingerprint density at radius 2 is 1.89 bits per heavy atom. The minimum absolute atomic E-state index is 0.208. The number of rotatable bonds is 1. The lowest BCUT2D eigenvalue weighted by atomic mass is 10.2. The standard InChI is InChI=1S/C14H11N3O/c15-12-8-10-9-16-7-6-13(10)17(14(12)18)11-4-2-1-3-5-11/h1-9H,15H2. The minimum Gasteiger partial charge on any atom is -0.394 e. The predicted molar refractivity (Wildman–Crippen MR) is 71.8 cm³/mol. The molecule has 1 aromatic carbocycles. The summed E-state index contributed by atoms with van der Waals surface area (Å²) in [6.07, 6.45) is 3.36. The number of anilines is 1. The molecule has 3 rings (SSSR count). The van der Waals surface area contributed by atoms with E-state index >= 15 is 0 Å². The zero-order valence-electron chi connectivity index (χ0n) is 9.58. The van der Waals surface area contributed by atoms with E-state index < -0.39 is 0 Å². The summed E-state index contributed by atoms with van der Waals surface area (Å²) < 4.78 is 1.60. The molecule has 3 aromatic rings. The summed E-state index contributed by atoms with van der Waals surface area (Å²) in [6, 6.07) is 12.9. The van der Waals surface area contributed by atoms with Crippen molar-refractivity contribution in [3.05, 3.63) is 65.2 Å². The van der Waals surface area contributed by atoms with Crippen LogP contribution in [-0.4, -0.2) is 9.55 Å². The molecule has 4 nitrogen and oxygen atoms in total. The van der Waals surface area contributed by atoms with Crippen LogP contribution in [0.1, 0.15) is 0 Å². The van der Waals surface area contributed by atoms with Gasteiger partial charge in [0.25, 0.3) is 5.56 Å². The first kappa shape index (κ1) is 10.5. The maximum absolute atomic E-state index is 12.2. The van der Waals surface area contributed by atoms with Crippen LogP contribution in [0.2, 0.25) is 0 Å². The summed E-state index contributed by atoms with van der Waals surface area (Å²) in [5.41, 5.74) is 7.37. The van der Waals surface area contributed by atoms with Gasteiger partial charge in [0.2, 0.25) is 0 Å². The number of nitrogen functional groups attached to an aromatic ring is 1. The van der Waals surface area contributed by atoms with Crippen LogP contribution >= 0.6 is 0 Å². The first-order valence-corrected chi connectivity index (χ1v) is 5.58. The van der Waals surface area contributed by atoms with Gasteiger partial charge in [0.1, 0.15) is 0 Å². The highest BCUT2D eigenvalue weighted by molar-refractivity contribution is 5.82. The molecule has 0 aliphatic carbocycles. The second-order valence-electron chi connectivity index (χ2n) is 4.01. The highest BCUT2D eigenvalue weighted by Crippen LogP contribution is 2.17. The molecule has 0 spiro atoms. The fourth-order valence-corrected chi connectivity index (χ4v) is 2.02. The molecule has 18 heavy (non-hydrogen) atoms. The maximum atomic E-state index is 12.2. The van der Waals surface area contributed by atoms with Crippen molar-refractivity contribution in [1.82, 2.24) is 9.55 Å². The second kappa shape index (κ2) is 4.00. The number of para-hydroxylation sites is 1. The van der Waals surface area contributed by atoms with E-state index in [-0.39, 0.29) is 11.2 Å². The Bertz CT molecular complexity index is 763. The molecule has 0 amide bonds. The van der Waals surface area contributed by atoms with E-state index in [0.29, 0.717) is 0 Å². The number of hydrogen-bond acceptors (Lipinski definition) is 3. The van der Waals surface area contributed by atoms with E-state index in [4.69, 9.17) is 5.73 Å². The van der Waals surface area contributed by atoms with Crippen molar-refractivity contribution in [2.45, 2.75) is 0 Å². The number of hydrogen-bond donors (Lipinski definition) is 1. The molecule has 88 valence electrons. The van der Waals surface area contributed by atoms with Gasteiger partial charge in [0.05, 0.1) is 11.2 Å². The first-order chi connectivity index (χ1) is 8.77. The maximum Gasteiger partial charge on any atom is 0.278 e. The van der Waals surface area contributed by atoms with Gasteiger partial charge in [-0.3, -0.25) is 14.3 Å². The molecule has 0 fully saturated rings. The predicted octanol–water partition coefficient (Wildman–Crippen LogP) is 1.97. The highest BCUT2D eigenvalue weighted by atomic mass is 16.1. The first-order valence-electron chi connectivity index (χ1n) is 5.58. The topological polar surface area (TPSA) is 60.9 Å². The Kier molecular flexibility index (Phi) is 2.34. The lowest BCUT2D eigenvalue weighted by Gasteiger charge is -2.10. The van der Waals surface area contributed by atoms with E-state index in [9.17, 15) is 4.79 Å². The summed E-state index contributed by atoms with van der Waals surface area (Å²) in [5, 5.41) is 0.846. The SMILES string of the molecule is Nc1cc2cnccc2n(-c2ccccc2)c1=O. The van der Waals surface area contributed by atoms with Crippen LogP contribution < -0.4 is 11.3 Å². The van der Waals surface area contributed by atoms with E-state index in [1.54, 1.807) is 23.0 Å². The average molecular weight is 237 g/mol. The highest BCUT2D eigenvalue weighted by Gasteiger charge is 2.08. The second-order valence-corrected chi connectivity index (χ2v) is 4.01. The van der Waals surface area contributed by atoms with Crippen LogP contribution in [0.5, 0.6) is 0 Å².